The van der Waals surface area contributed by atoms with Crippen molar-refractivity contribution >= 4 is 11.6 Å². The highest BCUT2D eigenvalue weighted by molar-refractivity contribution is 6.32. The third kappa shape index (κ3) is 3.76. The van der Waals surface area contributed by atoms with Gasteiger partial charge in [0.15, 0.2) is 0 Å². The van der Waals surface area contributed by atoms with Gasteiger partial charge in [-0.05, 0) is 24.6 Å². The summed E-state index contributed by atoms with van der Waals surface area (Å²) in [4.78, 5) is 0. The van der Waals surface area contributed by atoms with Gasteiger partial charge in [-0.1, -0.05) is 30.3 Å². The van der Waals surface area contributed by atoms with Gasteiger partial charge in [0.2, 0.25) is 0 Å². The molecule has 0 aliphatic heterocycles. The SMILES string of the molecule is C=CC(C=C(C#N)C#N)=C(Cl)C=CC. The average molecular weight is 205 g/mol. The molecule has 14 heavy (non-hydrogen) atoms. The van der Waals surface area contributed by atoms with Gasteiger partial charge in [0.1, 0.15) is 17.7 Å². The summed E-state index contributed by atoms with van der Waals surface area (Å²) in [5.41, 5.74) is 0.561. The molecule has 0 saturated carbocycles. The molecule has 0 aromatic heterocycles. The van der Waals surface area contributed by atoms with E-state index in [1.165, 1.54) is 12.2 Å². The smallest absolute Gasteiger partial charge is 0.130 e. The summed E-state index contributed by atoms with van der Waals surface area (Å²) in [5, 5.41) is 17.5. The van der Waals surface area contributed by atoms with E-state index < -0.39 is 0 Å². The Bertz CT molecular complexity index is 370. The van der Waals surface area contributed by atoms with Crippen LogP contribution in [-0.4, -0.2) is 0 Å². The van der Waals surface area contributed by atoms with E-state index in [1.807, 2.05) is 6.92 Å². The fraction of sp³-hybridized carbons (Fsp3) is 0.0909. The average Bonchev–Trinajstić information content (AvgIpc) is 2.20. The number of nitriles is 2. The van der Waals surface area contributed by atoms with E-state index in [2.05, 4.69) is 6.58 Å². The van der Waals surface area contributed by atoms with Gasteiger partial charge >= 0.3 is 0 Å². The maximum Gasteiger partial charge on any atom is 0.130 e. The molecule has 0 atom stereocenters. The molecule has 0 rings (SSSR count). The van der Waals surface area contributed by atoms with E-state index in [1.54, 1.807) is 24.3 Å². The van der Waals surface area contributed by atoms with Crippen LogP contribution in [0.25, 0.3) is 0 Å². The molecule has 0 fully saturated rings. The lowest BCUT2D eigenvalue weighted by Crippen LogP contribution is -1.79. The van der Waals surface area contributed by atoms with Crippen molar-refractivity contribution < 1.29 is 0 Å². The van der Waals surface area contributed by atoms with Gasteiger partial charge in [0.25, 0.3) is 0 Å². The van der Waals surface area contributed by atoms with E-state index in [4.69, 9.17) is 22.1 Å². The number of rotatable bonds is 3. The molecule has 0 aromatic carbocycles. The Hall–Kier alpha value is -1.77. The third-order valence-corrected chi connectivity index (χ3v) is 1.69. The van der Waals surface area contributed by atoms with Crippen molar-refractivity contribution in [2.75, 3.05) is 0 Å². The highest BCUT2D eigenvalue weighted by Gasteiger charge is 1.97. The van der Waals surface area contributed by atoms with Crippen LogP contribution in [0.3, 0.4) is 0 Å². The molecule has 0 spiro atoms. The van der Waals surface area contributed by atoms with Gasteiger partial charge in [-0.2, -0.15) is 10.5 Å². The van der Waals surface area contributed by atoms with Crippen molar-refractivity contribution in [1.82, 2.24) is 0 Å². The molecule has 0 aliphatic rings. The maximum atomic E-state index is 8.52. The summed E-state index contributed by atoms with van der Waals surface area (Å²) < 4.78 is 0. The van der Waals surface area contributed by atoms with Crippen molar-refractivity contribution in [2.24, 2.45) is 0 Å². The second-order valence-electron chi connectivity index (χ2n) is 2.29. The molecular formula is C11H9ClN2. The van der Waals surface area contributed by atoms with Gasteiger partial charge in [-0.25, -0.2) is 0 Å². The first kappa shape index (κ1) is 12.2. The highest BCUT2D eigenvalue weighted by atomic mass is 35.5. The number of halogens is 1. The third-order valence-electron chi connectivity index (χ3n) is 1.35. The van der Waals surface area contributed by atoms with Gasteiger partial charge in [0.05, 0.1) is 0 Å². The molecule has 70 valence electrons. The zero-order chi connectivity index (χ0) is 11.0. The Balaban J connectivity index is 5.25. The zero-order valence-electron chi connectivity index (χ0n) is 7.79. The Kier molecular flexibility index (Phi) is 5.87. The lowest BCUT2D eigenvalue weighted by molar-refractivity contribution is 1.45. The second-order valence-corrected chi connectivity index (χ2v) is 2.70. The van der Waals surface area contributed by atoms with Crippen molar-refractivity contribution in [2.45, 2.75) is 6.92 Å². The minimum Gasteiger partial charge on any atom is -0.192 e. The van der Waals surface area contributed by atoms with Crippen molar-refractivity contribution in [3.8, 4) is 12.1 Å². The van der Waals surface area contributed by atoms with E-state index in [-0.39, 0.29) is 5.57 Å². The van der Waals surface area contributed by atoms with Crippen molar-refractivity contribution in [1.29, 1.82) is 10.5 Å². The lowest BCUT2D eigenvalue weighted by atomic mass is 10.1. The summed E-state index contributed by atoms with van der Waals surface area (Å²) in [6, 6.07) is 3.50. The van der Waals surface area contributed by atoms with Crippen LogP contribution in [0.5, 0.6) is 0 Å². The van der Waals surface area contributed by atoms with Crippen LogP contribution in [0, 0.1) is 22.7 Å². The van der Waals surface area contributed by atoms with E-state index in [9.17, 15) is 0 Å². The normalized spacial score (nSPS) is 11.1. The van der Waals surface area contributed by atoms with Gasteiger partial charge in [-0.3, -0.25) is 0 Å². The minimum absolute atomic E-state index is 0.00236. The monoisotopic (exact) mass is 204 g/mol. The molecule has 0 N–H and O–H groups in total. The standard InChI is InChI=1S/C11H9ClN2/c1-3-5-11(12)10(4-2)6-9(7-13)8-14/h3-6H,2H2,1H3. The van der Waals surface area contributed by atoms with Crippen LogP contribution in [0.4, 0.5) is 0 Å². The molecule has 0 bridgehead atoms. The fourth-order valence-electron chi connectivity index (χ4n) is 0.713. The van der Waals surface area contributed by atoms with Crippen LogP contribution in [-0.2, 0) is 0 Å². The molecule has 0 radical (unpaired) electrons. The number of hydrogen-bond acceptors (Lipinski definition) is 2. The molecule has 0 aliphatic carbocycles. The Morgan fingerprint density at radius 3 is 2.29 bits per heavy atom. The summed E-state index contributed by atoms with van der Waals surface area (Å²) in [7, 11) is 0. The fourth-order valence-corrected chi connectivity index (χ4v) is 0.971. The van der Waals surface area contributed by atoms with Crippen LogP contribution in [0.15, 0.2) is 47.1 Å². The molecule has 0 unspecified atom stereocenters. The van der Waals surface area contributed by atoms with E-state index >= 15 is 0 Å². The molecule has 0 heterocycles. The Morgan fingerprint density at radius 1 is 1.36 bits per heavy atom. The molecule has 0 amide bonds. The van der Waals surface area contributed by atoms with Crippen molar-refractivity contribution in [3.05, 3.63) is 47.1 Å². The summed E-state index contributed by atoms with van der Waals surface area (Å²) in [6.07, 6.45) is 6.33. The van der Waals surface area contributed by atoms with Crippen LogP contribution < -0.4 is 0 Å². The molecule has 0 saturated heterocycles. The quantitative estimate of drug-likeness (QED) is 0.524. The second kappa shape index (κ2) is 6.71. The Labute approximate surface area is 88.7 Å². The molecule has 0 aromatic rings. The van der Waals surface area contributed by atoms with Gasteiger partial charge < -0.3 is 0 Å². The largest absolute Gasteiger partial charge is 0.192 e. The summed E-state index contributed by atoms with van der Waals surface area (Å²) in [6.45, 7) is 5.37. The molecule has 2 nitrogen and oxygen atoms in total. The first-order chi connectivity index (χ1) is 6.69. The van der Waals surface area contributed by atoms with Gasteiger partial charge in [0, 0.05) is 5.03 Å². The first-order valence-electron chi connectivity index (χ1n) is 3.86. The zero-order valence-corrected chi connectivity index (χ0v) is 8.54. The first-order valence-corrected chi connectivity index (χ1v) is 4.24. The Morgan fingerprint density at radius 2 is 1.93 bits per heavy atom. The molecular weight excluding hydrogens is 196 g/mol. The topological polar surface area (TPSA) is 47.6 Å². The highest BCUT2D eigenvalue weighted by Crippen LogP contribution is 2.15. The lowest BCUT2D eigenvalue weighted by Gasteiger charge is -1.95. The van der Waals surface area contributed by atoms with Gasteiger partial charge in [-0.15, -0.1) is 0 Å². The van der Waals surface area contributed by atoms with Crippen LogP contribution >= 0.6 is 11.6 Å². The van der Waals surface area contributed by atoms with Crippen molar-refractivity contribution in [3.63, 3.8) is 0 Å². The predicted octanol–water partition coefficient (Wildman–Crippen LogP) is 3.21. The summed E-state index contributed by atoms with van der Waals surface area (Å²) in [5.74, 6) is 0. The predicted molar refractivity (Wildman–Crippen MR) is 57.2 cm³/mol. The van der Waals surface area contributed by atoms with E-state index in [0.29, 0.717) is 10.6 Å². The summed E-state index contributed by atoms with van der Waals surface area (Å²) >= 11 is 5.86. The number of hydrogen-bond donors (Lipinski definition) is 0. The number of allylic oxidation sites excluding steroid dienone is 7. The van der Waals surface area contributed by atoms with Crippen LogP contribution in [0.2, 0.25) is 0 Å². The number of nitrogens with zero attached hydrogens (tertiary/aromatic N) is 2. The van der Waals surface area contributed by atoms with Crippen LogP contribution in [0.1, 0.15) is 6.92 Å². The maximum absolute atomic E-state index is 8.52. The minimum atomic E-state index is 0.00236. The molecule has 3 heteroatoms. The van der Waals surface area contributed by atoms with E-state index in [0.717, 1.165) is 0 Å².